The Hall–Kier alpha value is -4.06. The van der Waals surface area contributed by atoms with Crippen molar-refractivity contribution in [2.45, 2.75) is 19.1 Å². The number of hydrogen-bond acceptors (Lipinski definition) is 4. The van der Waals surface area contributed by atoms with E-state index in [-0.39, 0.29) is 12.6 Å². The van der Waals surface area contributed by atoms with Crippen molar-refractivity contribution in [1.82, 2.24) is 15.3 Å². The minimum absolute atomic E-state index is 0.208. The Kier molecular flexibility index (Phi) is 6.82. The van der Waals surface area contributed by atoms with E-state index in [1.165, 1.54) is 0 Å². The fourth-order valence-corrected chi connectivity index (χ4v) is 3.40. The molecule has 0 saturated carbocycles. The average Bonchev–Trinajstić information content (AvgIpc) is 3.34. The maximum Gasteiger partial charge on any atom is 0.408 e. The molecule has 0 aliphatic heterocycles. The first-order valence-corrected chi connectivity index (χ1v) is 10.4. The molecule has 2 N–H and O–H groups in total. The Morgan fingerprint density at radius 3 is 2.25 bits per heavy atom. The fraction of sp³-hybridized carbons (Fsp3) is 0.154. The van der Waals surface area contributed by atoms with Crippen LogP contribution in [-0.4, -0.2) is 23.2 Å². The van der Waals surface area contributed by atoms with Crippen molar-refractivity contribution < 1.29 is 14.3 Å². The number of H-pyrrole nitrogens is 1. The van der Waals surface area contributed by atoms with Crippen LogP contribution in [0.15, 0.2) is 91.1 Å². The molecule has 4 rings (SSSR count). The number of carbonyl (C=O) groups is 1. The van der Waals surface area contributed by atoms with E-state index in [4.69, 9.17) is 9.47 Å². The third-order valence-electron chi connectivity index (χ3n) is 5.11. The van der Waals surface area contributed by atoms with Gasteiger partial charge in [0.05, 0.1) is 25.0 Å². The van der Waals surface area contributed by atoms with Crippen molar-refractivity contribution in [3.8, 4) is 17.0 Å². The number of hydrogen-bond donors (Lipinski definition) is 2. The highest BCUT2D eigenvalue weighted by Crippen LogP contribution is 2.23. The Balaban J connectivity index is 1.50. The molecule has 0 bridgehead atoms. The van der Waals surface area contributed by atoms with Crippen LogP contribution >= 0.6 is 0 Å². The molecule has 1 aromatic heterocycles. The first-order valence-electron chi connectivity index (χ1n) is 10.4. The SMILES string of the molecule is COc1ccc(-c2cnc([C@H](Cc3ccccc3)NC(=O)OCc3ccccc3)[nH]2)cc1. The predicted octanol–water partition coefficient (Wildman–Crippen LogP) is 5.30. The van der Waals surface area contributed by atoms with E-state index in [2.05, 4.69) is 15.3 Å². The Morgan fingerprint density at radius 1 is 0.938 bits per heavy atom. The lowest BCUT2D eigenvalue weighted by atomic mass is 10.1. The Labute approximate surface area is 187 Å². The number of alkyl carbamates (subject to hydrolysis) is 1. The van der Waals surface area contributed by atoms with E-state index in [0.717, 1.165) is 28.1 Å². The first kappa shape index (κ1) is 21.2. The van der Waals surface area contributed by atoms with Crippen LogP contribution in [-0.2, 0) is 17.8 Å². The molecule has 6 nitrogen and oxygen atoms in total. The summed E-state index contributed by atoms with van der Waals surface area (Å²) in [4.78, 5) is 20.4. The summed E-state index contributed by atoms with van der Waals surface area (Å²) in [6, 6.07) is 26.9. The minimum atomic E-state index is -0.489. The van der Waals surface area contributed by atoms with Crippen molar-refractivity contribution in [1.29, 1.82) is 0 Å². The van der Waals surface area contributed by atoms with E-state index < -0.39 is 6.09 Å². The number of aromatic nitrogens is 2. The van der Waals surface area contributed by atoms with Gasteiger partial charge in [-0.05, 0) is 41.0 Å². The topological polar surface area (TPSA) is 76.2 Å². The van der Waals surface area contributed by atoms with Gasteiger partial charge in [0.25, 0.3) is 0 Å². The molecule has 1 atom stereocenters. The molecule has 6 heteroatoms. The van der Waals surface area contributed by atoms with E-state index in [1.54, 1.807) is 13.3 Å². The van der Waals surface area contributed by atoms with Crippen LogP contribution in [0, 0.1) is 0 Å². The summed E-state index contributed by atoms with van der Waals surface area (Å²) < 4.78 is 10.7. The maximum atomic E-state index is 12.5. The number of imidazole rings is 1. The maximum absolute atomic E-state index is 12.5. The van der Waals surface area contributed by atoms with Crippen LogP contribution in [0.1, 0.15) is 23.0 Å². The first-order chi connectivity index (χ1) is 15.7. The van der Waals surface area contributed by atoms with Crippen LogP contribution in [0.3, 0.4) is 0 Å². The fourth-order valence-electron chi connectivity index (χ4n) is 3.40. The molecule has 0 fully saturated rings. The number of nitrogens with one attached hydrogen (secondary N) is 2. The normalized spacial score (nSPS) is 11.5. The average molecular weight is 428 g/mol. The number of nitrogens with zero attached hydrogens (tertiary/aromatic N) is 1. The number of carbonyl (C=O) groups excluding carboxylic acids is 1. The smallest absolute Gasteiger partial charge is 0.408 e. The minimum Gasteiger partial charge on any atom is -0.497 e. The summed E-state index contributed by atoms with van der Waals surface area (Å²) in [5, 5.41) is 2.96. The van der Waals surface area contributed by atoms with Crippen molar-refractivity contribution in [3.63, 3.8) is 0 Å². The molecule has 162 valence electrons. The molecule has 0 saturated heterocycles. The van der Waals surface area contributed by atoms with E-state index in [1.807, 2.05) is 84.9 Å². The van der Waals surface area contributed by atoms with E-state index in [0.29, 0.717) is 12.2 Å². The molecule has 4 aromatic rings. The predicted molar refractivity (Wildman–Crippen MR) is 123 cm³/mol. The van der Waals surface area contributed by atoms with Crippen LogP contribution in [0.2, 0.25) is 0 Å². The van der Waals surface area contributed by atoms with Gasteiger partial charge in [-0.25, -0.2) is 9.78 Å². The molecule has 0 aliphatic rings. The Bertz CT molecular complexity index is 1130. The second kappa shape index (κ2) is 10.3. The lowest BCUT2D eigenvalue weighted by Gasteiger charge is -2.17. The standard InChI is InChI=1S/C26H25N3O3/c1-31-22-14-12-21(13-15-22)24-17-27-25(28-24)23(16-19-8-4-2-5-9-19)29-26(30)32-18-20-10-6-3-7-11-20/h2-15,17,23H,16,18H2,1H3,(H,27,28)(H,29,30)/t23-/m0/s1. The summed E-state index contributed by atoms with van der Waals surface area (Å²) in [6.45, 7) is 0.208. The number of benzene rings is 3. The van der Waals surface area contributed by atoms with Crippen LogP contribution in [0.4, 0.5) is 4.79 Å². The van der Waals surface area contributed by atoms with E-state index in [9.17, 15) is 4.79 Å². The number of ether oxygens (including phenoxy) is 2. The van der Waals surface area contributed by atoms with Crippen LogP contribution < -0.4 is 10.1 Å². The highest BCUT2D eigenvalue weighted by Gasteiger charge is 2.20. The number of amides is 1. The van der Waals surface area contributed by atoms with Crippen LogP contribution in [0.25, 0.3) is 11.3 Å². The van der Waals surface area contributed by atoms with Gasteiger partial charge >= 0.3 is 6.09 Å². The van der Waals surface area contributed by atoms with Gasteiger partial charge in [0.15, 0.2) is 0 Å². The number of aromatic amines is 1. The van der Waals surface area contributed by atoms with Gasteiger partial charge in [-0.1, -0.05) is 60.7 Å². The molecular formula is C26H25N3O3. The second-order valence-electron chi connectivity index (χ2n) is 7.36. The monoisotopic (exact) mass is 427 g/mol. The number of rotatable bonds is 8. The van der Waals surface area contributed by atoms with Crippen molar-refractivity contribution >= 4 is 6.09 Å². The van der Waals surface area contributed by atoms with Crippen LogP contribution in [0.5, 0.6) is 5.75 Å². The molecule has 3 aromatic carbocycles. The second-order valence-corrected chi connectivity index (χ2v) is 7.36. The van der Waals surface area contributed by atoms with Gasteiger partial charge in [-0.2, -0.15) is 0 Å². The summed E-state index contributed by atoms with van der Waals surface area (Å²) >= 11 is 0. The third kappa shape index (κ3) is 5.55. The highest BCUT2D eigenvalue weighted by molar-refractivity contribution is 5.68. The molecule has 32 heavy (non-hydrogen) atoms. The largest absolute Gasteiger partial charge is 0.497 e. The van der Waals surface area contributed by atoms with Gasteiger partial charge in [0, 0.05) is 6.42 Å². The van der Waals surface area contributed by atoms with Crippen molar-refractivity contribution in [2.24, 2.45) is 0 Å². The van der Waals surface area contributed by atoms with Gasteiger partial charge < -0.3 is 19.8 Å². The van der Waals surface area contributed by atoms with Gasteiger partial charge in [-0.3, -0.25) is 0 Å². The lowest BCUT2D eigenvalue weighted by molar-refractivity contribution is 0.135. The molecule has 1 heterocycles. The zero-order valence-corrected chi connectivity index (χ0v) is 17.8. The lowest BCUT2D eigenvalue weighted by Crippen LogP contribution is -2.31. The summed E-state index contributed by atoms with van der Waals surface area (Å²) in [6.07, 6.45) is 1.86. The van der Waals surface area contributed by atoms with Crippen molar-refractivity contribution in [2.75, 3.05) is 7.11 Å². The molecule has 1 amide bonds. The zero-order valence-electron chi connectivity index (χ0n) is 17.8. The molecule has 0 unspecified atom stereocenters. The molecule has 0 radical (unpaired) electrons. The third-order valence-corrected chi connectivity index (χ3v) is 5.11. The zero-order chi connectivity index (χ0) is 22.2. The molecule has 0 spiro atoms. The van der Waals surface area contributed by atoms with Gasteiger partial charge in [-0.15, -0.1) is 0 Å². The Morgan fingerprint density at radius 2 is 1.59 bits per heavy atom. The van der Waals surface area contributed by atoms with Gasteiger partial charge in [0.2, 0.25) is 0 Å². The van der Waals surface area contributed by atoms with E-state index >= 15 is 0 Å². The number of methoxy groups -OCH3 is 1. The highest BCUT2D eigenvalue weighted by atomic mass is 16.5. The summed E-state index contributed by atoms with van der Waals surface area (Å²) in [5.74, 6) is 1.45. The molecular weight excluding hydrogens is 402 g/mol. The summed E-state index contributed by atoms with van der Waals surface area (Å²) in [5.41, 5.74) is 3.86. The van der Waals surface area contributed by atoms with Crippen molar-refractivity contribution in [3.05, 3.63) is 108 Å². The van der Waals surface area contributed by atoms with Gasteiger partial charge in [0.1, 0.15) is 18.2 Å². The molecule has 0 aliphatic carbocycles. The quantitative estimate of drug-likeness (QED) is 0.400. The summed E-state index contributed by atoms with van der Waals surface area (Å²) in [7, 11) is 1.64.